The predicted molar refractivity (Wildman–Crippen MR) is 83.1 cm³/mol. The molecule has 2 saturated heterocycles. The number of rotatable bonds is 3. The zero-order valence-corrected chi connectivity index (χ0v) is 12.3. The molecule has 0 saturated carbocycles. The van der Waals surface area contributed by atoms with Crippen LogP contribution in [0, 0.1) is 11.8 Å². The molecule has 112 valence electrons. The minimum atomic E-state index is 0.115. The highest BCUT2D eigenvalue weighted by molar-refractivity contribution is 5.97. The van der Waals surface area contributed by atoms with Gasteiger partial charge >= 0.3 is 0 Å². The van der Waals surface area contributed by atoms with Gasteiger partial charge in [0.2, 0.25) is 5.91 Å². The smallest absolute Gasteiger partial charge is 0.231 e. The van der Waals surface area contributed by atoms with E-state index in [4.69, 9.17) is 0 Å². The molecule has 1 amide bonds. The molecule has 5 heteroatoms. The summed E-state index contributed by atoms with van der Waals surface area (Å²) in [5.74, 6) is 0.746. The van der Waals surface area contributed by atoms with Crippen molar-refractivity contribution in [2.45, 2.75) is 6.54 Å². The molecule has 2 fully saturated rings. The summed E-state index contributed by atoms with van der Waals surface area (Å²) >= 11 is 0. The van der Waals surface area contributed by atoms with Gasteiger partial charge in [0, 0.05) is 32.1 Å². The average Bonchev–Trinajstić information content (AvgIpc) is 3.08. The number of anilines is 1. The van der Waals surface area contributed by atoms with Crippen LogP contribution in [-0.4, -0.2) is 40.4 Å². The number of hydrogen-bond acceptors (Lipinski definition) is 4. The van der Waals surface area contributed by atoms with Crippen molar-refractivity contribution in [1.29, 1.82) is 0 Å². The highest BCUT2D eigenvalue weighted by atomic mass is 16.2. The first kappa shape index (κ1) is 13.4. The highest BCUT2D eigenvalue weighted by Crippen LogP contribution is 2.35. The number of aromatic nitrogens is 2. The molecular formula is C17H18N4O. The van der Waals surface area contributed by atoms with E-state index in [0.717, 1.165) is 31.9 Å². The Morgan fingerprint density at radius 2 is 1.82 bits per heavy atom. The summed E-state index contributed by atoms with van der Waals surface area (Å²) in [6, 6.07) is 10.4. The first-order valence-corrected chi connectivity index (χ1v) is 7.64. The third-order valence-corrected chi connectivity index (χ3v) is 4.62. The number of likely N-dealkylation sites (tertiary alicyclic amines) is 1. The summed E-state index contributed by atoms with van der Waals surface area (Å²) in [5.41, 5.74) is 2.12. The molecule has 4 rings (SSSR count). The number of carbonyl (C=O) groups excluding carboxylic acids is 1. The maximum Gasteiger partial charge on any atom is 0.231 e. The van der Waals surface area contributed by atoms with Crippen molar-refractivity contribution in [3.05, 3.63) is 54.6 Å². The fraction of sp³-hybridized carbons (Fsp3) is 0.353. The second kappa shape index (κ2) is 5.50. The number of fused-ring (bicyclic) bond motifs is 1. The van der Waals surface area contributed by atoms with Crippen LogP contribution < -0.4 is 4.90 Å². The fourth-order valence-electron chi connectivity index (χ4n) is 3.58. The third kappa shape index (κ3) is 2.37. The summed E-state index contributed by atoms with van der Waals surface area (Å²) in [6.07, 6.45) is 4.92. The molecule has 2 aliphatic rings. The van der Waals surface area contributed by atoms with Crippen LogP contribution in [0.1, 0.15) is 5.56 Å². The fourth-order valence-corrected chi connectivity index (χ4v) is 3.58. The van der Waals surface area contributed by atoms with Crippen molar-refractivity contribution in [1.82, 2.24) is 14.9 Å². The standard InChI is InChI=1S/C17H18N4O/c22-17-16-11-20(8-13-4-2-1-3-5-13)9-14(16)10-21(17)15-6-18-12-19-7-15/h1-7,12,14,16H,8-11H2/t14-,16-/m1/s1. The summed E-state index contributed by atoms with van der Waals surface area (Å²) in [7, 11) is 0. The number of hydrogen-bond donors (Lipinski definition) is 0. The Morgan fingerprint density at radius 1 is 1.05 bits per heavy atom. The molecule has 5 nitrogen and oxygen atoms in total. The van der Waals surface area contributed by atoms with E-state index in [-0.39, 0.29) is 11.8 Å². The van der Waals surface area contributed by atoms with Crippen molar-refractivity contribution < 1.29 is 4.79 Å². The van der Waals surface area contributed by atoms with Crippen molar-refractivity contribution in [3.8, 4) is 0 Å². The van der Waals surface area contributed by atoms with Gasteiger partial charge in [-0.25, -0.2) is 9.97 Å². The zero-order valence-electron chi connectivity index (χ0n) is 12.3. The first-order chi connectivity index (χ1) is 10.8. The summed E-state index contributed by atoms with van der Waals surface area (Å²) < 4.78 is 0. The van der Waals surface area contributed by atoms with Gasteiger partial charge in [-0.1, -0.05) is 30.3 Å². The van der Waals surface area contributed by atoms with Gasteiger partial charge in [-0.3, -0.25) is 9.69 Å². The quantitative estimate of drug-likeness (QED) is 0.862. The second-order valence-electron chi connectivity index (χ2n) is 6.09. The Balaban J connectivity index is 1.44. The van der Waals surface area contributed by atoms with E-state index in [1.54, 1.807) is 12.4 Å². The Labute approximate surface area is 129 Å². The first-order valence-electron chi connectivity index (χ1n) is 7.64. The van der Waals surface area contributed by atoms with Crippen LogP contribution in [0.3, 0.4) is 0 Å². The molecule has 0 aliphatic carbocycles. The van der Waals surface area contributed by atoms with Crippen LogP contribution in [-0.2, 0) is 11.3 Å². The summed E-state index contributed by atoms with van der Waals surface area (Å²) in [5, 5.41) is 0. The SMILES string of the molecule is O=C1[C@@H]2CN(Cc3ccccc3)C[C@@H]2CN1c1cncnc1. The molecule has 2 aliphatic heterocycles. The minimum absolute atomic E-state index is 0.115. The topological polar surface area (TPSA) is 49.3 Å². The lowest BCUT2D eigenvalue weighted by Crippen LogP contribution is -2.32. The van der Waals surface area contributed by atoms with Gasteiger partial charge in [0.05, 0.1) is 24.0 Å². The van der Waals surface area contributed by atoms with Gasteiger partial charge < -0.3 is 4.90 Å². The van der Waals surface area contributed by atoms with Crippen LogP contribution in [0.4, 0.5) is 5.69 Å². The van der Waals surface area contributed by atoms with Gasteiger partial charge in [0.25, 0.3) is 0 Å². The van der Waals surface area contributed by atoms with E-state index in [1.807, 2.05) is 11.0 Å². The van der Waals surface area contributed by atoms with Crippen molar-refractivity contribution >= 4 is 11.6 Å². The molecule has 22 heavy (non-hydrogen) atoms. The van der Waals surface area contributed by atoms with Crippen LogP contribution in [0.2, 0.25) is 0 Å². The van der Waals surface area contributed by atoms with Crippen LogP contribution in [0.25, 0.3) is 0 Å². The number of nitrogens with zero attached hydrogens (tertiary/aromatic N) is 4. The van der Waals surface area contributed by atoms with Crippen molar-refractivity contribution in [2.24, 2.45) is 11.8 Å². The maximum atomic E-state index is 12.6. The van der Waals surface area contributed by atoms with Gasteiger partial charge in [0.1, 0.15) is 6.33 Å². The highest BCUT2D eigenvalue weighted by Gasteiger charge is 2.46. The van der Waals surface area contributed by atoms with E-state index in [1.165, 1.54) is 11.9 Å². The van der Waals surface area contributed by atoms with Gasteiger partial charge in [-0.15, -0.1) is 0 Å². The van der Waals surface area contributed by atoms with Crippen LogP contribution >= 0.6 is 0 Å². The Morgan fingerprint density at radius 3 is 2.55 bits per heavy atom. The number of amides is 1. The molecular weight excluding hydrogens is 276 g/mol. The lowest BCUT2D eigenvalue weighted by Gasteiger charge is -2.21. The molecule has 0 radical (unpaired) electrons. The van der Waals surface area contributed by atoms with Crippen LogP contribution in [0.5, 0.6) is 0 Å². The molecule has 0 bridgehead atoms. The van der Waals surface area contributed by atoms with Crippen LogP contribution in [0.15, 0.2) is 49.1 Å². The molecule has 0 spiro atoms. The Bertz CT molecular complexity index is 661. The summed E-state index contributed by atoms with van der Waals surface area (Å²) in [6.45, 7) is 3.54. The zero-order chi connectivity index (χ0) is 14.9. The molecule has 1 aromatic carbocycles. The predicted octanol–water partition coefficient (Wildman–Crippen LogP) is 1.57. The third-order valence-electron chi connectivity index (χ3n) is 4.62. The average molecular weight is 294 g/mol. The number of carbonyl (C=O) groups is 1. The molecule has 2 atom stereocenters. The van der Waals surface area contributed by atoms with E-state index in [0.29, 0.717) is 5.92 Å². The Kier molecular flexibility index (Phi) is 3.35. The second-order valence-corrected chi connectivity index (χ2v) is 6.09. The normalized spacial score (nSPS) is 24.7. The monoisotopic (exact) mass is 294 g/mol. The molecule has 0 N–H and O–H groups in total. The Hall–Kier alpha value is -2.27. The van der Waals surface area contributed by atoms with Crippen molar-refractivity contribution in [3.63, 3.8) is 0 Å². The van der Waals surface area contributed by atoms with E-state index in [9.17, 15) is 4.79 Å². The molecule has 3 heterocycles. The van der Waals surface area contributed by atoms with E-state index < -0.39 is 0 Å². The van der Waals surface area contributed by atoms with E-state index in [2.05, 4.69) is 39.1 Å². The largest absolute Gasteiger partial charge is 0.309 e. The van der Waals surface area contributed by atoms with Gasteiger partial charge in [-0.2, -0.15) is 0 Å². The maximum absolute atomic E-state index is 12.6. The lowest BCUT2D eigenvalue weighted by atomic mass is 10.0. The molecule has 2 aromatic rings. The summed E-state index contributed by atoms with van der Waals surface area (Å²) in [4.78, 5) is 24.9. The minimum Gasteiger partial charge on any atom is -0.309 e. The van der Waals surface area contributed by atoms with Crippen molar-refractivity contribution in [2.75, 3.05) is 24.5 Å². The molecule has 1 aromatic heterocycles. The van der Waals surface area contributed by atoms with Gasteiger partial charge in [-0.05, 0) is 5.56 Å². The van der Waals surface area contributed by atoms with Gasteiger partial charge in [0.15, 0.2) is 0 Å². The number of benzene rings is 1. The van der Waals surface area contributed by atoms with E-state index >= 15 is 0 Å². The molecule has 0 unspecified atom stereocenters. The lowest BCUT2D eigenvalue weighted by molar-refractivity contribution is -0.120.